The van der Waals surface area contributed by atoms with Gasteiger partial charge in [0, 0.05) is 12.7 Å². The van der Waals surface area contributed by atoms with E-state index in [1.807, 2.05) is 19.2 Å². The lowest BCUT2D eigenvalue weighted by Crippen LogP contribution is -2.04. The van der Waals surface area contributed by atoms with Gasteiger partial charge in [-0.3, -0.25) is 0 Å². The fourth-order valence-corrected chi connectivity index (χ4v) is 1.99. The molecule has 0 aromatic carbocycles. The lowest BCUT2D eigenvalue weighted by atomic mass is 10.3. The summed E-state index contributed by atoms with van der Waals surface area (Å²) in [6.45, 7) is 2.75. The minimum atomic E-state index is 0.699. The summed E-state index contributed by atoms with van der Waals surface area (Å²) < 4.78 is 0. The average molecular weight is 219 g/mol. The van der Waals surface area contributed by atoms with Crippen LogP contribution in [0, 0.1) is 6.92 Å². The molecule has 0 saturated heterocycles. The Morgan fingerprint density at radius 2 is 2.40 bits per heavy atom. The molecule has 0 unspecified atom stereocenters. The van der Waals surface area contributed by atoms with Crippen LogP contribution < -0.4 is 11.1 Å². The van der Waals surface area contributed by atoms with Crippen LogP contribution in [0.2, 0.25) is 0 Å². The third kappa shape index (κ3) is 2.47. The number of pyridine rings is 1. The van der Waals surface area contributed by atoms with Crippen LogP contribution in [-0.4, -0.2) is 4.98 Å². The van der Waals surface area contributed by atoms with Crippen molar-refractivity contribution in [2.75, 3.05) is 11.1 Å². The van der Waals surface area contributed by atoms with Gasteiger partial charge in [0.25, 0.3) is 0 Å². The van der Waals surface area contributed by atoms with Gasteiger partial charge in [0.05, 0.1) is 5.69 Å². The summed E-state index contributed by atoms with van der Waals surface area (Å²) in [6, 6.07) is 4.00. The van der Waals surface area contributed by atoms with E-state index in [9.17, 15) is 0 Å². The lowest BCUT2D eigenvalue weighted by Gasteiger charge is -2.07. The molecule has 3 N–H and O–H groups in total. The minimum absolute atomic E-state index is 0.699. The van der Waals surface area contributed by atoms with Crippen LogP contribution in [0.1, 0.15) is 11.1 Å². The first-order chi connectivity index (χ1) is 7.25. The van der Waals surface area contributed by atoms with Crippen molar-refractivity contribution in [3.63, 3.8) is 0 Å². The van der Waals surface area contributed by atoms with Gasteiger partial charge in [0.15, 0.2) is 0 Å². The number of aromatic nitrogens is 1. The summed E-state index contributed by atoms with van der Waals surface area (Å²) in [5.74, 6) is 0.756. The maximum atomic E-state index is 5.84. The Kier molecular flexibility index (Phi) is 2.87. The van der Waals surface area contributed by atoms with E-state index in [2.05, 4.69) is 27.1 Å². The number of rotatable bonds is 3. The number of nitrogens with zero attached hydrogens (tertiary/aromatic N) is 1. The van der Waals surface area contributed by atoms with Gasteiger partial charge in [-0.15, -0.1) is 0 Å². The smallest absolute Gasteiger partial charge is 0.149 e. The summed E-state index contributed by atoms with van der Waals surface area (Å²) in [4.78, 5) is 4.24. The Morgan fingerprint density at radius 3 is 3.07 bits per heavy atom. The second kappa shape index (κ2) is 4.31. The summed E-state index contributed by atoms with van der Waals surface area (Å²) in [7, 11) is 0. The zero-order chi connectivity index (χ0) is 10.7. The van der Waals surface area contributed by atoms with Gasteiger partial charge in [-0.05, 0) is 40.9 Å². The van der Waals surface area contributed by atoms with Crippen LogP contribution in [0.3, 0.4) is 0 Å². The van der Waals surface area contributed by atoms with E-state index < -0.39 is 0 Å². The summed E-state index contributed by atoms with van der Waals surface area (Å²) in [5.41, 5.74) is 8.87. The molecule has 0 amide bonds. The molecule has 0 saturated carbocycles. The number of nitrogens with two attached hydrogens (primary N) is 1. The Morgan fingerprint density at radius 1 is 1.53 bits per heavy atom. The first-order valence-corrected chi connectivity index (χ1v) is 5.67. The first kappa shape index (κ1) is 9.98. The van der Waals surface area contributed by atoms with E-state index in [1.54, 1.807) is 11.3 Å². The molecule has 0 aliphatic carbocycles. The summed E-state index contributed by atoms with van der Waals surface area (Å²) >= 11 is 1.69. The number of hydrogen-bond donors (Lipinski definition) is 2. The average Bonchev–Trinajstić information content (AvgIpc) is 2.69. The quantitative estimate of drug-likeness (QED) is 0.834. The molecule has 15 heavy (non-hydrogen) atoms. The Labute approximate surface area is 93.0 Å². The van der Waals surface area contributed by atoms with Crippen molar-refractivity contribution in [2.45, 2.75) is 13.5 Å². The summed E-state index contributed by atoms with van der Waals surface area (Å²) in [6.07, 6.45) is 1.81. The van der Waals surface area contributed by atoms with Crippen LogP contribution in [-0.2, 0) is 6.54 Å². The van der Waals surface area contributed by atoms with E-state index in [0.717, 1.165) is 17.9 Å². The molecule has 0 aliphatic heterocycles. The van der Waals surface area contributed by atoms with Gasteiger partial charge in [0.1, 0.15) is 5.82 Å². The molecule has 0 atom stereocenters. The Balaban J connectivity index is 2.05. The van der Waals surface area contributed by atoms with Gasteiger partial charge in [-0.25, -0.2) is 4.98 Å². The van der Waals surface area contributed by atoms with Crippen molar-refractivity contribution in [3.8, 4) is 0 Å². The van der Waals surface area contributed by atoms with Crippen molar-refractivity contribution >= 4 is 22.8 Å². The molecule has 2 aromatic heterocycles. The van der Waals surface area contributed by atoms with Gasteiger partial charge in [-0.2, -0.15) is 11.3 Å². The number of nitrogens with one attached hydrogen (secondary N) is 1. The van der Waals surface area contributed by atoms with Crippen LogP contribution in [0.4, 0.5) is 11.5 Å². The van der Waals surface area contributed by atoms with Gasteiger partial charge in [0.2, 0.25) is 0 Å². The zero-order valence-electron chi connectivity index (χ0n) is 8.53. The number of thiophene rings is 1. The molecule has 0 radical (unpaired) electrons. The van der Waals surface area contributed by atoms with Crippen molar-refractivity contribution in [3.05, 3.63) is 40.2 Å². The van der Waals surface area contributed by atoms with E-state index >= 15 is 0 Å². The fourth-order valence-electron chi connectivity index (χ4n) is 1.32. The number of hydrogen-bond acceptors (Lipinski definition) is 4. The molecule has 78 valence electrons. The second-order valence-electron chi connectivity index (χ2n) is 3.44. The van der Waals surface area contributed by atoms with E-state index in [0.29, 0.717) is 5.69 Å². The van der Waals surface area contributed by atoms with Crippen molar-refractivity contribution in [2.24, 2.45) is 0 Å². The van der Waals surface area contributed by atoms with Gasteiger partial charge < -0.3 is 11.1 Å². The van der Waals surface area contributed by atoms with Crippen molar-refractivity contribution in [1.82, 2.24) is 4.98 Å². The first-order valence-electron chi connectivity index (χ1n) is 4.73. The molecule has 2 aromatic rings. The highest BCUT2D eigenvalue weighted by Gasteiger charge is 2.00. The largest absolute Gasteiger partial charge is 0.396 e. The topological polar surface area (TPSA) is 50.9 Å². The molecule has 2 heterocycles. The molecule has 0 aliphatic rings. The lowest BCUT2D eigenvalue weighted by molar-refractivity contribution is 1.12. The monoisotopic (exact) mass is 219 g/mol. The number of nitrogen functional groups attached to an aromatic ring is 1. The highest BCUT2D eigenvalue weighted by Crippen LogP contribution is 2.17. The van der Waals surface area contributed by atoms with Crippen LogP contribution >= 0.6 is 11.3 Å². The van der Waals surface area contributed by atoms with Gasteiger partial charge in [-0.1, -0.05) is 0 Å². The van der Waals surface area contributed by atoms with Crippen molar-refractivity contribution in [1.29, 1.82) is 0 Å². The predicted octanol–water partition coefficient (Wildman–Crippen LogP) is 2.65. The molecule has 3 nitrogen and oxygen atoms in total. The highest BCUT2D eigenvalue weighted by molar-refractivity contribution is 7.07. The SMILES string of the molecule is Cc1cnc(NCc2ccsc2)c(N)c1. The van der Waals surface area contributed by atoms with Crippen LogP contribution in [0.15, 0.2) is 29.1 Å². The molecule has 4 heteroatoms. The third-order valence-corrected chi connectivity index (χ3v) is 2.83. The molecular weight excluding hydrogens is 206 g/mol. The number of anilines is 2. The molecule has 2 rings (SSSR count). The highest BCUT2D eigenvalue weighted by atomic mass is 32.1. The van der Waals surface area contributed by atoms with E-state index in [1.165, 1.54) is 5.56 Å². The molecule has 0 fully saturated rings. The number of aryl methyl sites for hydroxylation is 1. The summed E-state index contributed by atoms with van der Waals surface area (Å²) in [5, 5.41) is 7.38. The maximum Gasteiger partial charge on any atom is 0.149 e. The van der Waals surface area contributed by atoms with E-state index in [-0.39, 0.29) is 0 Å². The molecule has 0 spiro atoms. The molecule has 0 bridgehead atoms. The molecular formula is C11H13N3S. The Bertz CT molecular complexity index is 437. The minimum Gasteiger partial charge on any atom is -0.396 e. The maximum absolute atomic E-state index is 5.84. The van der Waals surface area contributed by atoms with Crippen LogP contribution in [0.25, 0.3) is 0 Å². The van der Waals surface area contributed by atoms with E-state index in [4.69, 9.17) is 5.73 Å². The fraction of sp³-hybridized carbons (Fsp3) is 0.182. The zero-order valence-corrected chi connectivity index (χ0v) is 9.34. The predicted molar refractivity (Wildman–Crippen MR) is 65.0 cm³/mol. The Hall–Kier alpha value is -1.55. The standard InChI is InChI=1S/C11H13N3S/c1-8-4-10(12)11(13-5-8)14-6-9-2-3-15-7-9/h2-5,7H,6,12H2,1H3,(H,13,14). The van der Waals surface area contributed by atoms with Crippen LogP contribution in [0.5, 0.6) is 0 Å². The second-order valence-corrected chi connectivity index (χ2v) is 4.22. The van der Waals surface area contributed by atoms with Crippen molar-refractivity contribution < 1.29 is 0 Å². The normalized spacial score (nSPS) is 10.2. The van der Waals surface area contributed by atoms with Gasteiger partial charge >= 0.3 is 0 Å². The third-order valence-electron chi connectivity index (χ3n) is 2.09.